The molecule has 1 fully saturated rings. The van der Waals surface area contributed by atoms with Gasteiger partial charge in [0.15, 0.2) is 12.6 Å². The van der Waals surface area contributed by atoms with Gasteiger partial charge in [0, 0.05) is 0 Å². The molecular weight excluding hydrogens is 320 g/mol. The van der Waals surface area contributed by atoms with E-state index in [-0.39, 0.29) is 6.29 Å². The molecule has 8 N–H and O–H groups in total. The molecule has 0 aromatic heterocycles. The van der Waals surface area contributed by atoms with E-state index in [2.05, 4.69) is 0 Å². The van der Waals surface area contributed by atoms with Crippen molar-refractivity contribution in [3.8, 4) is 0 Å². The average molecular weight is 342 g/mol. The standard InChI is InChI=1S/C12H22O11/c13-1-4(16)7(17)8(18)5(2-14)22-12-11(21)10(20)9(19)6(3-15)23-12/h2,4-13,15-21H,1,3H2/t4-,5-,6+,7-,8+,9+,10-,11+,12+/m1/s1. The van der Waals surface area contributed by atoms with Crippen molar-refractivity contribution in [2.75, 3.05) is 13.2 Å². The summed E-state index contributed by atoms with van der Waals surface area (Å²) in [6.07, 6.45) is -15.5. The molecule has 11 nitrogen and oxygen atoms in total. The zero-order valence-corrected chi connectivity index (χ0v) is 12.0. The number of rotatable bonds is 8. The fourth-order valence-corrected chi connectivity index (χ4v) is 2.06. The van der Waals surface area contributed by atoms with Crippen molar-refractivity contribution in [3.63, 3.8) is 0 Å². The van der Waals surface area contributed by atoms with Gasteiger partial charge in [-0.25, -0.2) is 0 Å². The highest BCUT2D eigenvalue weighted by molar-refractivity contribution is 5.57. The van der Waals surface area contributed by atoms with Gasteiger partial charge in [0.05, 0.1) is 13.2 Å². The lowest BCUT2D eigenvalue weighted by molar-refractivity contribution is -0.315. The van der Waals surface area contributed by atoms with Gasteiger partial charge < -0.3 is 55.1 Å². The van der Waals surface area contributed by atoms with Crippen LogP contribution in [0.5, 0.6) is 0 Å². The van der Waals surface area contributed by atoms with E-state index in [9.17, 15) is 35.4 Å². The van der Waals surface area contributed by atoms with Crippen molar-refractivity contribution in [2.24, 2.45) is 0 Å². The molecule has 1 aliphatic rings. The molecular formula is C12H22O11. The van der Waals surface area contributed by atoms with Crippen LogP contribution in [-0.2, 0) is 14.3 Å². The van der Waals surface area contributed by atoms with E-state index in [0.717, 1.165) is 0 Å². The average Bonchev–Trinajstić information content (AvgIpc) is 2.57. The summed E-state index contributed by atoms with van der Waals surface area (Å²) in [5.74, 6) is 0. The summed E-state index contributed by atoms with van der Waals surface area (Å²) in [7, 11) is 0. The van der Waals surface area contributed by atoms with E-state index in [0.29, 0.717) is 0 Å². The lowest BCUT2D eigenvalue weighted by atomic mass is 9.99. The largest absolute Gasteiger partial charge is 0.394 e. The third kappa shape index (κ3) is 4.64. The molecule has 0 amide bonds. The Bertz CT molecular complexity index is 365. The summed E-state index contributed by atoms with van der Waals surface area (Å²) in [5.41, 5.74) is 0. The van der Waals surface area contributed by atoms with Gasteiger partial charge in [-0.05, 0) is 0 Å². The van der Waals surface area contributed by atoms with Crippen LogP contribution < -0.4 is 0 Å². The molecule has 11 heteroatoms. The van der Waals surface area contributed by atoms with E-state index in [1.165, 1.54) is 0 Å². The summed E-state index contributed by atoms with van der Waals surface area (Å²) in [6.45, 7) is -1.60. The van der Waals surface area contributed by atoms with Gasteiger partial charge in [-0.15, -0.1) is 0 Å². The normalized spacial score (nSPS) is 37.0. The Kier molecular flexibility index (Phi) is 7.89. The summed E-state index contributed by atoms with van der Waals surface area (Å²) < 4.78 is 9.94. The number of carbonyl (C=O) groups is 1. The quantitative estimate of drug-likeness (QED) is 0.196. The molecule has 0 saturated carbocycles. The first-order chi connectivity index (χ1) is 10.8. The van der Waals surface area contributed by atoms with Crippen LogP contribution in [0.2, 0.25) is 0 Å². The topological polar surface area (TPSA) is 197 Å². The first-order valence-corrected chi connectivity index (χ1v) is 6.84. The number of carbonyl (C=O) groups excluding carboxylic acids is 1. The Balaban J connectivity index is 2.79. The Morgan fingerprint density at radius 2 is 1.61 bits per heavy atom. The molecule has 23 heavy (non-hydrogen) atoms. The SMILES string of the molecule is O=C[C@@H](O[C@H]1O[C@@H](CO)[C@H](O)[C@@H](O)[C@@H]1O)[C@H](O)[C@H](O)[C@H](O)CO. The minimum atomic E-state index is -1.97. The van der Waals surface area contributed by atoms with Crippen molar-refractivity contribution in [1.82, 2.24) is 0 Å². The van der Waals surface area contributed by atoms with Gasteiger partial charge in [-0.1, -0.05) is 0 Å². The zero-order valence-electron chi connectivity index (χ0n) is 12.0. The van der Waals surface area contributed by atoms with Crippen molar-refractivity contribution in [3.05, 3.63) is 0 Å². The number of aliphatic hydroxyl groups excluding tert-OH is 8. The molecule has 9 atom stereocenters. The number of aldehydes is 1. The highest BCUT2D eigenvalue weighted by Crippen LogP contribution is 2.23. The van der Waals surface area contributed by atoms with Crippen LogP contribution in [0.15, 0.2) is 0 Å². The third-order valence-electron chi connectivity index (χ3n) is 3.54. The van der Waals surface area contributed by atoms with Gasteiger partial charge in [0.1, 0.15) is 48.8 Å². The Labute approximate surface area is 130 Å². The summed E-state index contributed by atoms with van der Waals surface area (Å²) >= 11 is 0. The Morgan fingerprint density at radius 3 is 2.09 bits per heavy atom. The summed E-state index contributed by atoms with van der Waals surface area (Å²) in [5, 5.41) is 75.2. The minimum absolute atomic E-state index is 0.0550. The monoisotopic (exact) mass is 342 g/mol. The highest BCUT2D eigenvalue weighted by Gasteiger charge is 2.46. The fourth-order valence-electron chi connectivity index (χ4n) is 2.06. The van der Waals surface area contributed by atoms with Crippen LogP contribution in [0.4, 0.5) is 0 Å². The minimum Gasteiger partial charge on any atom is -0.394 e. The van der Waals surface area contributed by atoms with Crippen LogP contribution in [0, 0.1) is 0 Å². The first-order valence-electron chi connectivity index (χ1n) is 6.84. The first kappa shape index (κ1) is 20.3. The van der Waals surface area contributed by atoms with Gasteiger partial charge >= 0.3 is 0 Å². The molecule has 0 bridgehead atoms. The van der Waals surface area contributed by atoms with Crippen molar-refractivity contribution < 1.29 is 55.1 Å². The molecule has 1 rings (SSSR count). The van der Waals surface area contributed by atoms with Gasteiger partial charge in [0.2, 0.25) is 0 Å². The van der Waals surface area contributed by atoms with E-state index in [4.69, 9.17) is 19.7 Å². The van der Waals surface area contributed by atoms with Crippen LogP contribution in [0.3, 0.4) is 0 Å². The number of ether oxygens (including phenoxy) is 2. The van der Waals surface area contributed by atoms with Crippen LogP contribution in [-0.4, -0.2) is 115 Å². The number of aliphatic hydroxyl groups is 8. The third-order valence-corrected chi connectivity index (χ3v) is 3.54. The van der Waals surface area contributed by atoms with Crippen LogP contribution >= 0.6 is 0 Å². The molecule has 0 unspecified atom stereocenters. The molecule has 1 saturated heterocycles. The summed E-state index contributed by atoms with van der Waals surface area (Å²) in [4.78, 5) is 11.0. The molecule has 0 aromatic carbocycles. The Morgan fingerprint density at radius 1 is 1.00 bits per heavy atom. The molecule has 136 valence electrons. The van der Waals surface area contributed by atoms with Gasteiger partial charge in [-0.2, -0.15) is 0 Å². The predicted octanol–water partition coefficient (Wildman–Crippen LogP) is -5.55. The van der Waals surface area contributed by atoms with Crippen molar-refractivity contribution in [2.45, 2.75) is 55.1 Å². The van der Waals surface area contributed by atoms with Crippen LogP contribution in [0.1, 0.15) is 0 Å². The van der Waals surface area contributed by atoms with Gasteiger partial charge in [0.25, 0.3) is 0 Å². The van der Waals surface area contributed by atoms with Crippen molar-refractivity contribution >= 4 is 6.29 Å². The molecule has 0 aliphatic carbocycles. The van der Waals surface area contributed by atoms with E-state index < -0.39 is 68.3 Å². The molecule has 0 aromatic rings. The highest BCUT2D eigenvalue weighted by atomic mass is 16.7. The maximum absolute atomic E-state index is 11.0. The maximum Gasteiger partial charge on any atom is 0.187 e. The maximum atomic E-state index is 11.0. The smallest absolute Gasteiger partial charge is 0.187 e. The lowest BCUT2D eigenvalue weighted by Gasteiger charge is -2.41. The predicted molar refractivity (Wildman–Crippen MR) is 69.8 cm³/mol. The number of hydrogen-bond acceptors (Lipinski definition) is 11. The summed E-state index contributed by atoms with van der Waals surface area (Å²) in [6, 6.07) is 0. The second kappa shape index (κ2) is 8.94. The van der Waals surface area contributed by atoms with E-state index in [1.807, 2.05) is 0 Å². The lowest BCUT2D eigenvalue weighted by Crippen LogP contribution is -2.60. The second-order valence-corrected chi connectivity index (χ2v) is 5.17. The van der Waals surface area contributed by atoms with Crippen LogP contribution in [0.25, 0.3) is 0 Å². The second-order valence-electron chi connectivity index (χ2n) is 5.17. The number of hydrogen-bond donors (Lipinski definition) is 8. The van der Waals surface area contributed by atoms with Crippen molar-refractivity contribution in [1.29, 1.82) is 0 Å². The zero-order chi connectivity index (χ0) is 17.7. The molecule has 0 radical (unpaired) electrons. The van der Waals surface area contributed by atoms with E-state index >= 15 is 0 Å². The molecule has 0 spiro atoms. The van der Waals surface area contributed by atoms with Gasteiger partial charge in [-0.3, -0.25) is 0 Å². The fraction of sp³-hybridized carbons (Fsp3) is 0.917. The Hall–Kier alpha value is -0.730. The molecule has 1 heterocycles. The van der Waals surface area contributed by atoms with E-state index in [1.54, 1.807) is 0 Å². The molecule has 1 aliphatic heterocycles.